The molecule has 0 aliphatic rings. The maximum Gasteiger partial charge on any atom is 0.121 e. The van der Waals surface area contributed by atoms with Crippen molar-refractivity contribution in [2.45, 2.75) is 44.9 Å². The van der Waals surface area contributed by atoms with E-state index in [0.29, 0.717) is 6.42 Å². The summed E-state index contributed by atoms with van der Waals surface area (Å²) in [6.07, 6.45) is 8.95. The number of hydrogen-bond acceptors (Lipinski definition) is 10. The summed E-state index contributed by atoms with van der Waals surface area (Å²) in [5.74, 6) is 0. The van der Waals surface area contributed by atoms with Gasteiger partial charge in [0.1, 0.15) is 6.29 Å². The molecule has 0 aromatic heterocycles. The average molecular weight is 562 g/mol. The molecule has 4 N–H and O–H groups in total. The highest BCUT2D eigenvalue weighted by Crippen LogP contribution is 1.98. The van der Waals surface area contributed by atoms with Crippen molar-refractivity contribution in [3.8, 4) is 0 Å². The van der Waals surface area contributed by atoms with Crippen LogP contribution in [0.2, 0.25) is 0 Å². The molecule has 0 saturated carbocycles. The number of nitrogens with one attached hydrogen (secondary N) is 3. The molecule has 0 bridgehead atoms. The lowest BCUT2D eigenvalue weighted by molar-refractivity contribution is -0.107. The quantitative estimate of drug-likeness (QED) is 0.0997. The predicted octanol–water partition coefficient (Wildman–Crippen LogP) is 1.04. The summed E-state index contributed by atoms with van der Waals surface area (Å²) in [5.41, 5.74) is 0. The van der Waals surface area contributed by atoms with E-state index in [1.54, 1.807) is 0 Å². The minimum Gasteiger partial charge on any atom is -0.870 e. The minimum absolute atomic E-state index is 0. The first-order valence-corrected chi connectivity index (χ1v) is 15.1. The van der Waals surface area contributed by atoms with Gasteiger partial charge >= 0.3 is 0 Å². The molecule has 0 spiro atoms. The largest absolute Gasteiger partial charge is 0.870 e. The Labute approximate surface area is 243 Å². The molecular weight excluding hydrogens is 492 g/mol. The van der Waals surface area contributed by atoms with Crippen molar-refractivity contribution in [3.05, 3.63) is 0 Å². The lowest BCUT2D eigenvalue weighted by atomic mass is 10.2. The van der Waals surface area contributed by atoms with Crippen LogP contribution in [-0.4, -0.2) is 178 Å². The first-order valence-electron chi connectivity index (χ1n) is 15.1. The summed E-state index contributed by atoms with van der Waals surface area (Å²) >= 11 is 0. The minimum atomic E-state index is 0. The molecule has 0 aromatic carbocycles. The van der Waals surface area contributed by atoms with E-state index in [1.165, 1.54) is 71.4 Å². The molecule has 39 heavy (non-hydrogen) atoms. The van der Waals surface area contributed by atoms with Crippen molar-refractivity contribution in [1.82, 2.24) is 40.4 Å². The third-order valence-corrected chi connectivity index (χ3v) is 6.05. The van der Waals surface area contributed by atoms with E-state index in [0.717, 1.165) is 58.5 Å². The van der Waals surface area contributed by atoms with Gasteiger partial charge in [0.05, 0.1) is 0 Å². The molecule has 0 rings (SSSR count). The molecule has 10 heteroatoms. The molecular formula is C29H69N8O2-. The number of rotatable bonds is 27. The van der Waals surface area contributed by atoms with E-state index in [9.17, 15) is 4.79 Å². The van der Waals surface area contributed by atoms with Crippen molar-refractivity contribution in [2.24, 2.45) is 0 Å². The highest BCUT2D eigenvalue weighted by molar-refractivity contribution is 5.49. The summed E-state index contributed by atoms with van der Waals surface area (Å²) in [7, 11) is 17.0. The fraction of sp³-hybridized carbons (Fsp3) is 0.966. The number of carbonyl (C=O) groups is 1. The number of aldehydes is 1. The van der Waals surface area contributed by atoms with Crippen LogP contribution in [0.3, 0.4) is 0 Å². The summed E-state index contributed by atoms with van der Waals surface area (Å²) in [5, 5.41) is 10.4. The molecule has 0 saturated heterocycles. The standard InChI is InChI=1S/C21H50N6.C8H18N2O.H2O/c1-24(2)16-7-12-22-14-9-19-27(21-11-18-26(5)6)20-10-15-23-13-8-17-25(3)4;1-10(2)7-3-5-9-6-4-8-11;/h22-23H,7-21H2,1-6H3;8-9H,3-7H2,1-2H3;1H2/p-1. The topological polar surface area (TPSA) is 99.4 Å². The fourth-order valence-corrected chi connectivity index (χ4v) is 3.90. The van der Waals surface area contributed by atoms with Gasteiger partial charge in [-0.1, -0.05) is 0 Å². The maximum absolute atomic E-state index is 9.90. The molecule has 0 fully saturated rings. The molecule has 0 heterocycles. The summed E-state index contributed by atoms with van der Waals surface area (Å²) < 4.78 is 0. The average Bonchev–Trinajstić information content (AvgIpc) is 2.84. The smallest absolute Gasteiger partial charge is 0.121 e. The monoisotopic (exact) mass is 562 g/mol. The van der Waals surface area contributed by atoms with Gasteiger partial charge in [0.2, 0.25) is 0 Å². The molecule has 0 amide bonds. The second-order valence-corrected chi connectivity index (χ2v) is 11.4. The van der Waals surface area contributed by atoms with Gasteiger partial charge in [-0.15, -0.1) is 0 Å². The molecule has 10 nitrogen and oxygen atoms in total. The van der Waals surface area contributed by atoms with Gasteiger partial charge in [-0.25, -0.2) is 0 Å². The van der Waals surface area contributed by atoms with Gasteiger partial charge in [-0.2, -0.15) is 0 Å². The number of hydrogen-bond donors (Lipinski definition) is 3. The zero-order valence-corrected chi connectivity index (χ0v) is 27.3. The van der Waals surface area contributed by atoms with Crippen molar-refractivity contribution >= 4 is 6.29 Å². The van der Waals surface area contributed by atoms with Gasteiger partial charge in [-0.05, 0) is 173 Å². The number of nitrogens with zero attached hydrogens (tertiary/aromatic N) is 5. The second kappa shape index (κ2) is 33.5. The van der Waals surface area contributed by atoms with Crippen molar-refractivity contribution in [3.63, 3.8) is 0 Å². The van der Waals surface area contributed by atoms with Gasteiger partial charge < -0.3 is 50.7 Å². The van der Waals surface area contributed by atoms with Gasteiger partial charge in [0.15, 0.2) is 0 Å². The van der Waals surface area contributed by atoms with Gasteiger partial charge in [0, 0.05) is 13.0 Å². The lowest BCUT2D eigenvalue weighted by Crippen LogP contribution is -2.33. The Hall–Kier alpha value is -0.690. The molecule has 0 aromatic rings. The van der Waals surface area contributed by atoms with E-state index in [4.69, 9.17) is 0 Å². The predicted molar refractivity (Wildman–Crippen MR) is 170 cm³/mol. The zero-order chi connectivity index (χ0) is 28.9. The molecule has 0 atom stereocenters. The lowest BCUT2D eigenvalue weighted by Gasteiger charge is -2.23. The zero-order valence-electron chi connectivity index (χ0n) is 27.3. The normalized spacial score (nSPS) is 11.4. The molecule has 0 unspecified atom stereocenters. The van der Waals surface area contributed by atoms with Crippen LogP contribution in [-0.2, 0) is 4.79 Å². The third-order valence-electron chi connectivity index (χ3n) is 6.05. The van der Waals surface area contributed by atoms with Crippen LogP contribution in [0, 0.1) is 0 Å². The Morgan fingerprint density at radius 1 is 0.436 bits per heavy atom. The highest BCUT2D eigenvalue weighted by Gasteiger charge is 2.05. The highest BCUT2D eigenvalue weighted by atomic mass is 16.1. The second-order valence-electron chi connectivity index (χ2n) is 11.4. The van der Waals surface area contributed by atoms with Crippen LogP contribution in [0.1, 0.15) is 44.9 Å². The van der Waals surface area contributed by atoms with Crippen molar-refractivity contribution in [1.29, 1.82) is 0 Å². The third kappa shape index (κ3) is 41.9. The Balaban J connectivity index is -0.000000909. The molecule has 0 radical (unpaired) electrons. The van der Waals surface area contributed by atoms with Crippen LogP contribution in [0.4, 0.5) is 0 Å². The fourth-order valence-electron chi connectivity index (χ4n) is 3.90. The van der Waals surface area contributed by atoms with E-state index in [2.05, 4.69) is 96.8 Å². The van der Waals surface area contributed by atoms with Crippen molar-refractivity contribution < 1.29 is 10.3 Å². The van der Waals surface area contributed by atoms with Gasteiger partial charge in [-0.3, -0.25) is 0 Å². The maximum atomic E-state index is 9.90. The van der Waals surface area contributed by atoms with E-state index >= 15 is 0 Å². The summed E-state index contributed by atoms with van der Waals surface area (Å²) in [4.78, 5) is 21.5. The molecule has 0 aliphatic carbocycles. The van der Waals surface area contributed by atoms with Crippen LogP contribution in [0.25, 0.3) is 0 Å². The Kier molecular flexibility index (Phi) is 36.8. The van der Waals surface area contributed by atoms with Crippen LogP contribution < -0.4 is 16.0 Å². The summed E-state index contributed by atoms with van der Waals surface area (Å²) in [6.45, 7) is 14.7. The van der Waals surface area contributed by atoms with Crippen molar-refractivity contribution in [2.75, 3.05) is 141 Å². The van der Waals surface area contributed by atoms with E-state index < -0.39 is 0 Å². The molecule has 238 valence electrons. The Morgan fingerprint density at radius 3 is 1.05 bits per heavy atom. The van der Waals surface area contributed by atoms with Crippen LogP contribution in [0.5, 0.6) is 0 Å². The first-order chi connectivity index (χ1) is 18.2. The van der Waals surface area contributed by atoms with E-state index in [1.807, 2.05) is 0 Å². The van der Waals surface area contributed by atoms with E-state index in [-0.39, 0.29) is 5.48 Å². The Morgan fingerprint density at radius 2 is 0.718 bits per heavy atom. The van der Waals surface area contributed by atoms with Crippen LogP contribution in [0.15, 0.2) is 0 Å². The first kappa shape index (κ1) is 42.8. The molecule has 0 aliphatic heterocycles. The van der Waals surface area contributed by atoms with Gasteiger partial charge in [0.25, 0.3) is 0 Å². The number of carbonyl (C=O) groups excluding carboxylic acids is 1. The summed E-state index contributed by atoms with van der Waals surface area (Å²) in [6, 6.07) is 0. The van der Waals surface area contributed by atoms with Crippen LogP contribution >= 0.6 is 0 Å². The SMILES string of the molecule is CN(C)CCCNCCC=O.CN(C)CCCNCCCN(CCCNCCCN(C)C)CCCN(C)C.[OH-]. The Bertz CT molecular complexity index is 447.